The van der Waals surface area contributed by atoms with Crippen LogP contribution in [0.5, 0.6) is 0 Å². The molecule has 2 fully saturated rings. The zero-order valence-electron chi connectivity index (χ0n) is 14.0. The third kappa shape index (κ3) is 3.12. The number of rotatable bonds is 3. The molecule has 23 heavy (non-hydrogen) atoms. The van der Waals surface area contributed by atoms with Gasteiger partial charge in [0, 0.05) is 25.2 Å². The number of nitrogens with zero attached hydrogens (tertiary/aromatic N) is 4. The Labute approximate surface area is 138 Å². The Morgan fingerprint density at radius 3 is 2.96 bits per heavy atom. The van der Waals surface area contributed by atoms with Crippen molar-refractivity contribution in [3.63, 3.8) is 0 Å². The third-order valence-corrected chi connectivity index (χ3v) is 5.42. The van der Waals surface area contributed by atoms with Crippen molar-refractivity contribution in [2.45, 2.75) is 38.1 Å². The number of hydrogen-bond acceptors (Lipinski definition) is 4. The number of likely N-dealkylation sites (N-methyl/N-ethyl adjacent to an activating group) is 1. The van der Waals surface area contributed by atoms with Crippen molar-refractivity contribution in [1.82, 2.24) is 24.8 Å². The van der Waals surface area contributed by atoms with Gasteiger partial charge in [-0.25, -0.2) is 9.97 Å². The zero-order valence-corrected chi connectivity index (χ0v) is 14.0. The van der Waals surface area contributed by atoms with Crippen molar-refractivity contribution in [2.75, 3.05) is 33.2 Å². The van der Waals surface area contributed by atoms with Crippen LogP contribution in [0.15, 0.2) is 18.3 Å². The van der Waals surface area contributed by atoms with Crippen molar-refractivity contribution in [2.24, 2.45) is 5.92 Å². The van der Waals surface area contributed by atoms with E-state index < -0.39 is 0 Å². The van der Waals surface area contributed by atoms with Crippen LogP contribution in [0.25, 0.3) is 11.2 Å². The predicted molar refractivity (Wildman–Crippen MR) is 92.6 cm³/mol. The average Bonchev–Trinajstić information content (AvgIpc) is 2.93. The molecule has 0 amide bonds. The molecule has 2 aliphatic heterocycles. The topological polar surface area (TPSA) is 46.0 Å². The average molecular weight is 313 g/mol. The van der Waals surface area contributed by atoms with Crippen molar-refractivity contribution in [3.8, 4) is 0 Å². The summed E-state index contributed by atoms with van der Waals surface area (Å²) < 4.78 is 2.47. The van der Waals surface area contributed by atoms with Crippen LogP contribution in [0.4, 0.5) is 0 Å². The molecule has 124 valence electrons. The van der Waals surface area contributed by atoms with E-state index in [4.69, 9.17) is 4.98 Å². The Bertz CT molecular complexity index is 658. The Hall–Kier alpha value is -1.46. The second-order valence-electron chi connectivity index (χ2n) is 7.20. The molecule has 5 heteroatoms. The number of nitrogens with one attached hydrogen (secondary N) is 1. The first kappa shape index (κ1) is 15.1. The molecule has 0 saturated carbocycles. The van der Waals surface area contributed by atoms with Gasteiger partial charge < -0.3 is 14.8 Å². The first-order chi connectivity index (χ1) is 11.3. The van der Waals surface area contributed by atoms with Crippen molar-refractivity contribution in [3.05, 3.63) is 24.2 Å². The minimum Gasteiger partial charge on any atom is -0.317 e. The van der Waals surface area contributed by atoms with Crippen LogP contribution in [0.1, 0.15) is 37.5 Å². The third-order valence-electron chi connectivity index (χ3n) is 5.42. The van der Waals surface area contributed by atoms with Gasteiger partial charge in [-0.15, -0.1) is 0 Å². The molecular weight excluding hydrogens is 286 g/mol. The SMILES string of the molecule is CN1CCCC(n2c(CC3CCNCC3)nc3cccnc32)C1. The first-order valence-corrected chi connectivity index (χ1v) is 9.02. The maximum Gasteiger partial charge on any atom is 0.160 e. The molecule has 4 rings (SSSR count). The minimum atomic E-state index is 0.519. The van der Waals surface area contributed by atoms with Crippen molar-refractivity contribution in [1.29, 1.82) is 0 Å². The molecule has 0 aromatic carbocycles. The molecule has 1 atom stereocenters. The number of hydrogen-bond donors (Lipinski definition) is 1. The number of pyridine rings is 1. The van der Waals surface area contributed by atoms with Gasteiger partial charge in [-0.2, -0.15) is 0 Å². The lowest BCUT2D eigenvalue weighted by atomic mass is 9.94. The molecular formula is C18H27N5. The van der Waals surface area contributed by atoms with Crippen LogP contribution in [-0.2, 0) is 6.42 Å². The van der Waals surface area contributed by atoms with E-state index in [-0.39, 0.29) is 0 Å². The van der Waals surface area contributed by atoms with Gasteiger partial charge in [-0.3, -0.25) is 0 Å². The predicted octanol–water partition coefficient (Wildman–Crippen LogP) is 2.24. The van der Waals surface area contributed by atoms with E-state index in [2.05, 4.69) is 32.9 Å². The molecule has 0 radical (unpaired) electrons. The molecule has 0 bridgehead atoms. The summed E-state index contributed by atoms with van der Waals surface area (Å²) in [5.41, 5.74) is 2.14. The fourth-order valence-corrected chi connectivity index (χ4v) is 4.20. The highest BCUT2D eigenvalue weighted by Crippen LogP contribution is 2.28. The minimum absolute atomic E-state index is 0.519. The lowest BCUT2D eigenvalue weighted by Crippen LogP contribution is -2.35. The molecule has 0 aliphatic carbocycles. The monoisotopic (exact) mass is 313 g/mol. The molecule has 2 saturated heterocycles. The molecule has 4 heterocycles. The normalized spacial score (nSPS) is 24.3. The van der Waals surface area contributed by atoms with Gasteiger partial charge in [0.25, 0.3) is 0 Å². The smallest absolute Gasteiger partial charge is 0.160 e. The highest BCUT2D eigenvalue weighted by atomic mass is 15.2. The Balaban J connectivity index is 1.68. The standard InChI is InChI=1S/C18H27N5/c1-22-11-3-4-15(13-22)23-17(12-14-6-9-19-10-7-14)21-16-5-2-8-20-18(16)23/h2,5,8,14-15,19H,3-4,6-7,9-13H2,1H3. The number of likely N-dealkylation sites (tertiary alicyclic amines) is 1. The van der Waals surface area contributed by atoms with E-state index in [1.807, 2.05) is 12.3 Å². The van der Waals surface area contributed by atoms with E-state index in [1.54, 1.807) is 0 Å². The molecule has 1 unspecified atom stereocenters. The molecule has 2 aromatic heterocycles. The van der Waals surface area contributed by atoms with Crippen LogP contribution in [0.2, 0.25) is 0 Å². The molecule has 5 nitrogen and oxygen atoms in total. The summed E-state index contributed by atoms with van der Waals surface area (Å²) in [6.45, 7) is 4.62. The van der Waals surface area contributed by atoms with E-state index in [9.17, 15) is 0 Å². The number of piperidine rings is 2. The van der Waals surface area contributed by atoms with Crippen LogP contribution < -0.4 is 5.32 Å². The van der Waals surface area contributed by atoms with Crippen LogP contribution in [0.3, 0.4) is 0 Å². The van der Waals surface area contributed by atoms with Crippen molar-refractivity contribution < 1.29 is 0 Å². The maximum atomic E-state index is 4.97. The summed E-state index contributed by atoms with van der Waals surface area (Å²) in [6.07, 6.45) is 8.04. The van der Waals surface area contributed by atoms with E-state index in [0.29, 0.717) is 6.04 Å². The summed E-state index contributed by atoms with van der Waals surface area (Å²) in [6, 6.07) is 4.63. The zero-order chi connectivity index (χ0) is 15.6. The largest absolute Gasteiger partial charge is 0.317 e. The number of imidazole rings is 1. The summed E-state index contributed by atoms with van der Waals surface area (Å²) in [4.78, 5) is 12.1. The highest BCUT2D eigenvalue weighted by Gasteiger charge is 2.26. The van der Waals surface area contributed by atoms with E-state index in [1.165, 1.54) is 38.1 Å². The molecule has 2 aliphatic rings. The van der Waals surface area contributed by atoms with Gasteiger partial charge >= 0.3 is 0 Å². The molecule has 2 aromatic rings. The van der Waals surface area contributed by atoms with Crippen LogP contribution in [0, 0.1) is 5.92 Å². The second kappa shape index (κ2) is 6.57. The van der Waals surface area contributed by atoms with Crippen LogP contribution in [-0.4, -0.2) is 52.7 Å². The fourth-order valence-electron chi connectivity index (χ4n) is 4.20. The summed E-state index contributed by atoms with van der Waals surface area (Å²) >= 11 is 0. The fraction of sp³-hybridized carbons (Fsp3) is 0.667. The molecule has 0 spiro atoms. The van der Waals surface area contributed by atoms with Gasteiger partial charge in [0.15, 0.2) is 5.65 Å². The highest BCUT2D eigenvalue weighted by molar-refractivity contribution is 5.71. The van der Waals surface area contributed by atoms with Crippen LogP contribution >= 0.6 is 0 Å². The Kier molecular flexibility index (Phi) is 4.31. The second-order valence-corrected chi connectivity index (χ2v) is 7.20. The Morgan fingerprint density at radius 1 is 1.26 bits per heavy atom. The van der Waals surface area contributed by atoms with Gasteiger partial charge in [-0.1, -0.05) is 0 Å². The summed E-state index contributed by atoms with van der Waals surface area (Å²) in [5, 5.41) is 3.46. The van der Waals surface area contributed by atoms with Crippen molar-refractivity contribution >= 4 is 11.2 Å². The number of fused-ring (bicyclic) bond motifs is 1. The quantitative estimate of drug-likeness (QED) is 0.944. The van der Waals surface area contributed by atoms with E-state index in [0.717, 1.165) is 43.1 Å². The summed E-state index contributed by atoms with van der Waals surface area (Å²) in [5.74, 6) is 2.01. The maximum absolute atomic E-state index is 4.97. The van der Waals surface area contributed by atoms with Gasteiger partial charge in [0.2, 0.25) is 0 Å². The van der Waals surface area contributed by atoms with Gasteiger partial charge in [-0.05, 0) is 70.4 Å². The van der Waals surface area contributed by atoms with E-state index >= 15 is 0 Å². The lowest BCUT2D eigenvalue weighted by Gasteiger charge is -2.32. The summed E-state index contributed by atoms with van der Waals surface area (Å²) in [7, 11) is 2.23. The van der Waals surface area contributed by atoms with Gasteiger partial charge in [0.1, 0.15) is 11.3 Å². The Morgan fingerprint density at radius 2 is 2.13 bits per heavy atom. The molecule has 1 N–H and O–H groups in total. The number of aromatic nitrogens is 3. The first-order valence-electron chi connectivity index (χ1n) is 9.02. The lowest BCUT2D eigenvalue weighted by molar-refractivity contribution is 0.210. The van der Waals surface area contributed by atoms with Gasteiger partial charge in [0.05, 0.1) is 0 Å².